The highest BCUT2D eigenvalue weighted by Gasteiger charge is 2.20. The van der Waals surface area contributed by atoms with Crippen LogP contribution in [0.25, 0.3) is 0 Å². The Morgan fingerprint density at radius 2 is 1.75 bits per heavy atom. The van der Waals surface area contributed by atoms with Gasteiger partial charge in [-0.05, 0) is 63.0 Å². The Bertz CT molecular complexity index is 640. The summed E-state index contributed by atoms with van der Waals surface area (Å²) in [5.41, 5.74) is 5.40. The summed E-state index contributed by atoms with van der Waals surface area (Å²) in [4.78, 5) is 17.3. The second-order valence-electron chi connectivity index (χ2n) is 8.01. The molecule has 4 heteroatoms. The first kappa shape index (κ1) is 24.2. The zero-order valence-corrected chi connectivity index (χ0v) is 19.1. The molecule has 0 aliphatic heterocycles. The lowest BCUT2D eigenvalue weighted by atomic mass is 9.91. The molecular weight excluding hydrogens is 346 g/mol. The molecule has 2 N–H and O–H groups in total. The van der Waals surface area contributed by atoms with Crippen LogP contribution in [0.15, 0.2) is 39.6 Å². The summed E-state index contributed by atoms with van der Waals surface area (Å²) < 4.78 is 0. The molecule has 1 rings (SSSR count). The van der Waals surface area contributed by atoms with Gasteiger partial charge in [0.25, 0.3) is 0 Å². The molecule has 28 heavy (non-hydrogen) atoms. The highest BCUT2D eigenvalue weighted by molar-refractivity contribution is 6.13. The van der Waals surface area contributed by atoms with Crippen LogP contribution in [0.5, 0.6) is 0 Å². The lowest BCUT2D eigenvalue weighted by molar-refractivity contribution is -0.118. The number of carbonyl (C=O) groups is 1. The van der Waals surface area contributed by atoms with Gasteiger partial charge in [0.1, 0.15) is 0 Å². The Morgan fingerprint density at radius 1 is 1.11 bits per heavy atom. The second kappa shape index (κ2) is 12.6. The molecule has 0 aromatic carbocycles. The van der Waals surface area contributed by atoms with Crippen molar-refractivity contribution in [3.05, 3.63) is 34.6 Å². The third-order valence-electron chi connectivity index (χ3n) is 5.94. The van der Waals surface area contributed by atoms with E-state index in [1.54, 1.807) is 0 Å². The predicted molar refractivity (Wildman–Crippen MR) is 122 cm³/mol. The van der Waals surface area contributed by atoms with E-state index in [0.29, 0.717) is 0 Å². The van der Waals surface area contributed by atoms with E-state index in [4.69, 9.17) is 0 Å². The summed E-state index contributed by atoms with van der Waals surface area (Å²) >= 11 is 0. The first-order valence-corrected chi connectivity index (χ1v) is 10.9. The van der Waals surface area contributed by atoms with Gasteiger partial charge in [-0.1, -0.05) is 45.8 Å². The molecule has 0 radical (unpaired) electrons. The van der Waals surface area contributed by atoms with Crippen LogP contribution in [0.1, 0.15) is 79.6 Å². The van der Waals surface area contributed by atoms with Gasteiger partial charge in [-0.25, -0.2) is 0 Å². The molecule has 2 atom stereocenters. The van der Waals surface area contributed by atoms with Crippen molar-refractivity contribution in [2.45, 2.75) is 85.6 Å². The summed E-state index contributed by atoms with van der Waals surface area (Å²) in [6.07, 6.45) is 11.3. The molecule has 0 fully saturated rings. The van der Waals surface area contributed by atoms with E-state index in [1.807, 2.05) is 20.2 Å². The fourth-order valence-electron chi connectivity index (χ4n) is 3.55. The van der Waals surface area contributed by atoms with Crippen LogP contribution in [0.4, 0.5) is 0 Å². The van der Waals surface area contributed by atoms with Gasteiger partial charge < -0.3 is 10.6 Å². The Kier molecular flexibility index (Phi) is 10.9. The summed E-state index contributed by atoms with van der Waals surface area (Å²) in [5.74, 6) is 0.825. The smallest absolute Gasteiger partial charge is 0.247 e. The van der Waals surface area contributed by atoms with Crippen molar-refractivity contribution in [2.24, 2.45) is 10.9 Å². The van der Waals surface area contributed by atoms with Crippen LogP contribution in [0.3, 0.4) is 0 Å². The van der Waals surface area contributed by atoms with E-state index >= 15 is 0 Å². The van der Waals surface area contributed by atoms with Crippen LogP contribution in [-0.2, 0) is 4.79 Å². The van der Waals surface area contributed by atoms with Crippen molar-refractivity contribution in [3.63, 3.8) is 0 Å². The third kappa shape index (κ3) is 7.29. The SMILES string of the molecule is CCCC(CCC(C)CC)NC(=O)C1=CC=C(C(=NC)/C(C)=C(\C)NC)CC1. The lowest BCUT2D eigenvalue weighted by Gasteiger charge is -2.22. The third-order valence-corrected chi connectivity index (χ3v) is 5.94. The fourth-order valence-corrected chi connectivity index (χ4v) is 3.55. The van der Waals surface area contributed by atoms with Crippen molar-refractivity contribution in [2.75, 3.05) is 14.1 Å². The van der Waals surface area contributed by atoms with Gasteiger partial charge in [0.2, 0.25) is 5.91 Å². The number of allylic oxidation sites excluding steroid dienone is 5. The molecule has 0 spiro atoms. The number of rotatable bonds is 11. The van der Waals surface area contributed by atoms with Gasteiger partial charge in [0, 0.05) is 31.4 Å². The van der Waals surface area contributed by atoms with Gasteiger partial charge >= 0.3 is 0 Å². The van der Waals surface area contributed by atoms with E-state index in [2.05, 4.69) is 56.3 Å². The van der Waals surface area contributed by atoms with Crippen LogP contribution < -0.4 is 10.6 Å². The van der Waals surface area contributed by atoms with E-state index in [1.165, 1.54) is 18.4 Å². The Morgan fingerprint density at radius 3 is 2.25 bits per heavy atom. The normalized spacial score (nSPS) is 17.9. The molecule has 4 nitrogen and oxygen atoms in total. The lowest BCUT2D eigenvalue weighted by Crippen LogP contribution is -2.36. The van der Waals surface area contributed by atoms with Gasteiger partial charge in [-0.15, -0.1) is 0 Å². The zero-order valence-electron chi connectivity index (χ0n) is 19.1. The summed E-state index contributed by atoms with van der Waals surface area (Å²) in [5, 5.41) is 6.48. The first-order valence-electron chi connectivity index (χ1n) is 10.9. The van der Waals surface area contributed by atoms with Crippen molar-refractivity contribution in [1.29, 1.82) is 0 Å². The molecule has 1 aliphatic carbocycles. The average Bonchev–Trinajstić information content (AvgIpc) is 2.72. The van der Waals surface area contributed by atoms with Crippen LogP contribution in [0, 0.1) is 5.92 Å². The summed E-state index contributed by atoms with van der Waals surface area (Å²) in [6, 6.07) is 0.286. The van der Waals surface area contributed by atoms with E-state index in [9.17, 15) is 4.79 Å². The number of aliphatic imine (C=N–C) groups is 1. The molecular formula is C24H41N3O. The molecule has 1 aliphatic rings. The van der Waals surface area contributed by atoms with Crippen molar-refractivity contribution in [1.82, 2.24) is 10.6 Å². The van der Waals surface area contributed by atoms with Crippen LogP contribution >= 0.6 is 0 Å². The van der Waals surface area contributed by atoms with E-state index in [-0.39, 0.29) is 11.9 Å². The monoisotopic (exact) mass is 387 g/mol. The molecule has 0 bridgehead atoms. The minimum Gasteiger partial charge on any atom is -0.391 e. The van der Waals surface area contributed by atoms with Gasteiger partial charge in [-0.2, -0.15) is 0 Å². The number of nitrogens with one attached hydrogen (secondary N) is 2. The highest BCUT2D eigenvalue weighted by Crippen LogP contribution is 2.24. The molecule has 0 heterocycles. The molecule has 0 saturated carbocycles. The quantitative estimate of drug-likeness (QED) is 0.471. The van der Waals surface area contributed by atoms with Crippen LogP contribution in [-0.4, -0.2) is 31.8 Å². The van der Waals surface area contributed by atoms with Crippen LogP contribution in [0.2, 0.25) is 0 Å². The van der Waals surface area contributed by atoms with Gasteiger partial charge in [-0.3, -0.25) is 9.79 Å². The second-order valence-corrected chi connectivity index (χ2v) is 8.01. The molecule has 158 valence electrons. The Balaban J connectivity index is 2.82. The maximum absolute atomic E-state index is 12.8. The van der Waals surface area contributed by atoms with E-state index < -0.39 is 0 Å². The molecule has 0 saturated heterocycles. The number of carbonyl (C=O) groups excluding carboxylic acids is 1. The first-order chi connectivity index (χ1) is 13.4. The Hall–Kier alpha value is -1.84. The summed E-state index contributed by atoms with van der Waals surface area (Å²) in [7, 11) is 3.76. The highest BCUT2D eigenvalue weighted by atomic mass is 16.1. The minimum absolute atomic E-state index is 0.103. The number of amides is 1. The van der Waals surface area contributed by atoms with Gasteiger partial charge in [0.15, 0.2) is 0 Å². The van der Waals surface area contributed by atoms with Crippen molar-refractivity contribution < 1.29 is 4.79 Å². The number of hydrogen-bond acceptors (Lipinski definition) is 3. The van der Waals surface area contributed by atoms with Crippen molar-refractivity contribution in [3.8, 4) is 0 Å². The minimum atomic E-state index is 0.103. The maximum atomic E-state index is 12.8. The maximum Gasteiger partial charge on any atom is 0.247 e. The number of hydrogen-bond donors (Lipinski definition) is 2. The van der Waals surface area contributed by atoms with E-state index in [0.717, 1.165) is 60.6 Å². The van der Waals surface area contributed by atoms with Gasteiger partial charge in [0.05, 0.1) is 5.71 Å². The topological polar surface area (TPSA) is 53.5 Å². The average molecular weight is 388 g/mol. The zero-order chi connectivity index (χ0) is 21.1. The molecule has 1 amide bonds. The number of nitrogens with zero attached hydrogens (tertiary/aromatic N) is 1. The molecule has 0 aromatic heterocycles. The standard InChI is InChI=1S/C24H41N3O/c1-8-10-22(16-11-17(3)9-2)27-24(28)21-14-12-20(13-15-21)23(26-7)18(4)19(5)25-6/h12,14,17,22,25H,8-11,13,15-16H2,1-7H3,(H,27,28)/b19-18+,26-23?. The summed E-state index contributed by atoms with van der Waals surface area (Å²) in [6.45, 7) is 10.9. The Labute approximate surface area is 172 Å². The fraction of sp³-hybridized carbons (Fsp3) is 0.667. The molecule has 0 aromatic rings. The predicted octanol–water partition coefficient (Wildman–Crippen LogP) is 5.33. The van der Waals surface area contributed by atoms with Crippen molar-refractivity contribution >= 4 is 11.6 Å². The largest absolute Gasteiger partial charge is 0.391 e. The molecule has 2 unspecified atom stereocenters.